The predicted octanol–water partition coefficient (Wildman–Crippen LogP) is 1.72. The Morgan fingerprint density at radius 3 is 2.26 bits per heavy atom. The molecule has 0 spiro atoms. The van der Waals surface area contributed by atoms with Crippen LogP contribution in [-0.2, 0) is 0 Å². The first-order valence-electron chi connectivity index (χ1n) is 6.43. The Morgan fingerprint density at radius 1 is 1.00 bits per heavy atom. The molecule has 0 fully saturated rings. The molecule has 8 nitrogen and oxygen atoms in total. The van der Waals surface area contributed by atoms with Gasteiger partial charge in [0.25, 0.3) is 0 Å². The van der Waals surface area contributed by atoms with Gasteiger partial charge >= 0.3 is 5.97 Å². The molecular weight excluding hydrogens is 304 g/mol. The molecule has 116 valence electrons. The summed E-state index contributed by atoms with van der Waals surface area (Å²) in [5.41, 5.74) is -0.959. The van der Waals surface area contributed by atoms with Gasteiger partial charge in [0, 0.05) is 5.56 Å². The van der Waals surface area contributed by atoms with E-state index in [1.165, 1.54) is 6.92 Å². The summed E-state index contributed by atoms with van der Waals surface area (Å²) in [5.74, 6) is -2.49. The third-order valence-corrected chi connectivity index (χ3v) is 3.59. The number of carbonyl (C=O) groups excluding carboxylic acids is 1. The highest BCUT2D eigenvalue weighted by Gasteiger charge is 2.21. The summed E-state index contributed by atoms with van der Waals surface area (Å²) in [6.07, 6.45) is 0.350. The maximum absolute atomic E-state index is 11.3. The fraction of sp³-hybridized carbons (Fsp3) is 0.0667. The van der Waals surface area contributed by atoms with Crippen molar-refractivity contribution in [1.29, 1.82) is 0 Å². The number of carboxylic acid groups (broad SMARTS) is 1. The van der Waals surface area contributed by atoms with Crippen LogP contribution in [0.5, 0.6) is 17.2 Å². The number of hydrogen-bond donors (Lipinski definition) is 4. The summed E-state index contributed by atoms with van der Waals surface area (Å²) < 4.78 is 0. The molecule has 0 aliphatic heterocycles. The Morgan fingerprint density at radius 2 is 1.65 bits per heavy atom. The second kappa shape index (κ2) is 4.80. The number of hydrogen-bond acceptors (Lipinski definition) is 7. The van der Waals surface area contributed by atoms with E-state index in [1.807, 2.05) is 0 Å². The smallest absolute Gasteiger partial charge is 0.337 e. The lowest BCUT2D eigenvalue weighted by atomic mass is 10.1. The number of phenols is 3. The topological polar surface area (TPSA) is 141 Å². The van der Waals surface area contributed by atoms with Crippen LogP contribution < -0.4 is 0 Å². The maximum Gasteiger partial charge on any atom is 0.337 e. The highest BCUT2D eigenvalue weighted by molar-refractivity contribution is 6.08. The van der Waals surface area contributed by atoms with Crippen molar-refractivity contribution in [2.45, 2.75) is 6.92 Å². The lowest BCUT2D eigenvalue weighted by Crippen LogP contribution is -2.02. The van der Waals surface area contributed by atoms with Gasteiger partial charge in [-0.25, -0.2) is 14.8 Å². The van der Waals surface area contributed by atoms with Gasteiger partial charge in [-0.3, -0.25) is 4.79 Å². The highest BCUT2D eigenvalue weighted by atomic mass is 16.4. The van der Waals surface area contributed by atoms with Crippen molar-refractivity contribution >= 4 is 34.3 Å². The van der Waals surface area contributed by atoms with Crippen molar-refractivity contribution in [3.8, 4) is 17.2 Å². The number of rotatable bonds is 2. The van der Waals surface area contributed by atoms with Crippen LogP contribution in [0.15, 0.2) is 12.1 Å². The van der Waals surface area contributed by atoms with E-state index in [0.29, 0.717) is 6.29 Å². The van der Waals surface area contributed by atoms with Crippen molar-refractivity contribution in [2.24, 2.45) is 0 Å². The average molecular weight is 314 g/mol. The molecule has 0 radical (unpaired) electrons. The van der Waals surface area contributed by atoms with E-state index in [0.717, 1.165) is 12.1 Å². The first-order chi connectivity index (χ1) is 10.9. The van der Waals surface area contributed by atoms with E-state index < -0.39 is 17.5 Å². The van der Waals surface area contributed by atoms with Gasteiger partial charge in [-0.2, -0.15) is 0 Å². The van der Waals surface area contributed by atoms with E-state index in [-0.39, 0.29) is 44.5 Å². The molecule has 8 heteroatoms. The van der Waals surface area contributed by atoms with Crippen LogP contribution in [0, 0.1) is 6.92 Å². The number of carboxylic acids is 1. The third kappa shape index (κ3) is 1.92. The Balaban J connectivity index is 2.62. The van der Waals surface area contributed by atoms with Gasteiger partial charge in [-0.05, 0) is 19.1 Å². The first-order valence-corrected chi connectivity index (χ1v) is 6.43. The molecule has 0 aliphatic carbocycles. The van der Waals surface area contributed by atoms with Crippen LogP contribution in [0.4, 0.5) is 0 Å². The lowest BCUT2D eigenvalue weighted by Gasteiger charge is -2.11. The van der Waals surface area contributed by atoms with Gasteiger partial charge in [0.1, 0.15) is 39.3 Å². The van der Waals surface area contributed by atoms with Crippen LogP contribution in [0.3, 0.4) is 0 Å². The zero-order chi connectivity index (χ0) is 16.9. The van der Waals surface area contributed by atoms with E-state index in [1.54, 1.807) is 0 Å². The minimum atomic E-state index is -1.28. The molecule has 4 N–H and O–H groups in total. The van der Waals surface area contributed by atoms with Crippen molar-refractivity contribution in [3.63, 3.8) is 0 Å². The van der Waals surface area contributed by atoms with Crippen LogP contribution >= 0.6 is 0 Å². The van der Waals surface area contributed by atoms with E-state index in [4.69, 9.17) is 0 Å². The molecule has 2 aromatic carbocycles. The summed E-state index contributed by atoms with van der Waals surface area (Å²) in [4.78, 5) is 30.6. The normalized spacial score (nSPS) is 11.0. The SMILES string of the molecule is Cc1c(O)c(C=O)c2nc3c(O)ccc(C(=O)O)c3nc2c1O. The van der Waals surface area contributed by atoms with Gasteiger partial charge in [0.15, 0.2) is 6.29 Å². The minimum absolute atomic E-state index is 0.0188. The summed E-state index contributed by atoms with van der Waals surface area (Å²) in [5, 5.41) is 39.2. The van der Waals surface area contributed by atoms with Gasteiger partial charge in [-0.1, -0.05) is 0 Å². The summed E-state index contributed by atoms with van der Waals surface area (Å²) in [6, 6.07) is 2.30. The number of aromatic carboxylic acids is 1. The van der Waals surface area contributed by atoms with Crippen molar-refractivity contribution in [2.75, 3.05) is 0 Å². The molecule has 0 aliphatic rings. The Bertz CT molecular complexity index is 1010. The molecule has 23 heavy (non-hydrogen) atoms. The zero-order valence-electron chi connectivity index (χ0n) is 11.7. The number of aldehydes is 1. The van der Waals surface area contributed by atoms with Crippen molar-refractivity contribution in [1.82, 2.24) is 9.97 Å². The number of phenolic OH excluding ortho intramolecular Hbond substituents is 3. The van der Waals surface area contributed by atoms with Crippen molar-refractivity contribution < 1.29 is 30.0 Å². The summed E-state index contributed by atoms with van der Waals surface area (Å²) in [6.45, 7) is 1.38. The second-order valence-corrected chi connectivity index (χ2v) is 4.91. The quantitative estimate of drug-likeness (QED) is 0.414. The van der Waals surface area contributed by atoms with Crippen LogP contribution in [0.2, 0.25) is 0 Å². The largest absolute Gasteiger partial charge is 0.507 e. The van der Waals surface area contributed by atoms with Crippen LogP contribution in [0.1, 0.15) is 26.3 Å². The molecule has 1 heterocycles. The number of aromatic nitrogens is 2. The Hall–Kier alpha value is -3.42. The third-order valence-electron chi connectivity index (χ3n) is 3.59. The van der Waals surface area contributed by atoms with Crippen LogP contribution in [-0.4, -0.2) is 42.6 Å². The minimum Gasteiger partial charge on any atom is -0.507 e. The standard InChI is InChI=1S/C15H10N2O6/c1-5-13(20)7(4-18)10-12(14(5)21)17-9-6(15(22)23)2-3-8(19)11(9)16-10/h2-4,19-21H,1H3,(H,22,23). The lowest BCUT2D eigenvalue weighted by molar-refractivity contribution is 0.0698. The number of fused-ring (bicyclic) bond motifs is 2. The Kier molecular flexibility index (Phi) is 3.03. The molecule has 0 unspecified atom stereocenters. The molecular formula is C15H10N2O6. The predicted molar refractivity (Wildman–Crippen MR) is 79.1 cm³/mol. The second-order valence-electron chi connectivity index (χ2n) is 4.91. The molecule has 0 bridgehead atoms. The molecule has 3 rings (SSSR count). The Labute approximate surface area is 128 Å². The van der Waals surface area contributed by atoms with E-state index in [9.17, 15) is 30.0 Å². The summed E-state index contributed by atoms with van der Waals surface area (Å²) >= 11 is 0. The molecule has 0 saturated heterocycles. The molecule has 3 aromatic rings. The fourth-order valence-electron chi connectivity index (χ4n) is 2.36. The van der Waals surface area contributed by atoms with Gasteiger partial charge < -0.3 is 20.4 Å². The van der Waals surface area contributed by atoms with Crippen molar-refractivity contribution in [3.05, 3.63) is 28.8 Å². The summed E-state index contributed by atoms with van der Waals surface area (Å²) in [7, 11) is 0. The fourth-order valence-corrected chi connectivity index (χ4v) is 2.36. The highest BCUT2D eigenvalue weighted by Crippen LogP contribution is 2.38. The van der Waals surface area contributed by atoms with Gasteiger partial charge in [-0.15, -0.1) is 0 Å². The van der Waals surface area contributed by atoms with Gasteiger partial charge in [0.05, 0.1) is 11.1 Å². The molecule has 0 amide bonds. The number of benzene rings is 2. The molecule has 1 aromatic heterocycles. The number of aromatic hydroxyl groups is 3. The van der Waals surface area contributed by atoms with E-state index >= 15 is 0 Å². The zero-order valence-corrected chi connectivity index (χ0v) is 11.7. The maximum atomic E-state index is 11.3. The first kappa shape index (κ1) is 14.5. The monoisotopic (exact) mass is 314 g/mol. The molecule has 0 saturated carbocycles. The van der Waals surface area contributed by atoms with Gasteiger partial charge in [0.2, 0.25) is 0 Å². The average Bonchev–Trinajstić information content (AvgIpc) is 2.52. The van der Waals surface area contributed by atoms with Crippen LogP contribution in [0.25, 0.3) is 22.1 Å². The number of carbonyl (C=O) groups is 2. The van der Waals surface area contributed by atoms with E-state index in [2.05, 4.69) is 9.97 Å². The molecule has 0 atom stereocenters. The number of nitrogens with zero attached hydrogens (tertiary/aromatic N) is 2.